The third kappa shape index (κ3) is 2.12. The number of nitrogens with one attached hydrogen (secondary N) is 2. The Kier molecular flexibility index (Phi) is 2.74. The van der Waals surface area contributed by atoms with E-state index in [4.69, 9.17) is 5.26 Å². The summed E-state index contributed by atoms with van der Waals surface area (Å²) in [6.07, 6.45) is 1.54. The van der Waals surface area contributed by atoms with Crippen LogP contribution < -0.4 is 10.9 Å². The molecule has 1 saturated heterocycles. The van der Waals surface area contributed by atoms with Crippen LogP contribution in [0.1, 0.15) is 6.42 Å². The van der Waals surface area contributed by atoms with Gasteiger partial charge in [0.1, 0.15) is 0 Å². The van der Waals surface area contributed by atoms with Crippen LogP contribution in [0, 0.1) is 11.3 Å². The van der Waals surface area contributed by atoms with Crippen LogP contribution in [0.4, 0.5) is 5.69 Å². The summed E-state index contributed by atoms with van der Waals surface area (Å²) in [4.78, 5) is 11.5. The van der Waals surface area contributed by atoms with Crippen molar-refractivity contribution in [1.82, 2.24) is 10.5 Å². The van der Waals surface area contributed by atoms with E-state index in [1.54, 1.807) is 0 Å². The summed E-state index contributed by atoms with van der Waals surface area (Å²) < 4.78 is 0. The summed E-state index contributed by atoms with van der Waals surface area (Å²) in [7, 11) is 0. The first-order valence-electron chi connectivity index (χ1n) is 4.79. The van der Waals surface area contributed by atoms with Crippen molar-refractivity contribution in [2.45, 2.75) is 6.42 Å². The molecular formula is C11H10N4O. The van der Waals surface area contributed by atoms with Crippen molar-refractivity contribution in [3.05, 3.63) is 42.1 Å². The fraction of sp³-hybridized carbons (Fsp3) is 0.0909. The standard InChI is InChI=1S/C11H10N4O/c12-7-6-10-8-11(16)15(14-10)13-9-4-2-1-3-5-9/h1-6,13-14H,8H2. The number of anilines is 1. The SMILES string of the molecule is N#CC=C1CC(=O)N(Nc2ccccc2)N1. The minimum Gasteiger partial charge on any atom is -0.280 e. The minimum absolute atomic E-state index is 0.120. The zero-order valence-corrected chi connectivity index (χ0v) is 8.47. The molecule has 5 nitrogen and oxygen atoms in total. The fourth-order valence-corrected chi connectivity index (χ4v) is 1.38. The Morgan fingerprint density at radius 3 is 2.88 bits per heavy atom. The molecule has 1 fully saturated rings. The lowest BCUT2D eigenvalue weighted by Gasteiger charge is -2.18. The van der Waals surface area contributed by atoms with Gasteiger partial charge in [0.25, 0.3) is 5.91 Å². The van der Waals surface area contributed by atoms with Gasteiger partial charge in [-0.3, -0.25) is 15.6 Å². The molecule has 0 bridgehead atoms. The van der Waals surface area contributed by atoms with Gasteiger partial charge < -0.3 is 0 Å². The molecule has 1 amide bonds. The minimum atomic E-state index is -0.120. The molecule has 0 radical (unpaired) electrons. The van der Waals surface area contributed by atoms with Gasteiger partial charge in [0.05, 0.1) is 23.9 Å². The molecule has 5 heteroatoms. The maximum absolute atomic E-state index is 11.5. The molecule has 0 aromatic heterocycles. The van der Waals surface area contributed by atoms with E-state index in [1.165, 1.54) is 11.2 Å². The van der Waals surface area contributed by atoms with Crippen LogP contribution in [-0.4, -0.2) is 11.0 Å². The topological polar surface area (TPSA) is 68.2 Å². The van der Waals surface area contributed by atoms with Gasteiger partial charge >= 0.3 is 0 Å². The lowest BCUT2D eigenvalue weighted by molar-refractivity contribution is -0.128. The summed E-state index contributed by atoms with van der Waals surface area (Å²) in [5.74, 6) is -0.120. The Morgan fingerprint density at radius 2 is 2.19 bits per heavy atom. The average Bonchev–Trinajstić information content (AvgIpc) is 2.61. The summed E-state index contributed by atoms with van der Waals surface area (Å²) >= 11 is 0. The molecule has 0 saturated carbocycles. The lowest BCUT2D eigenvalue weighted by atomic mass is 10.3. The number of nitriles is 1. The second-order valence-corrected chi connectivity index (χ2v) is 3.29. The molecule has 0 aliphatic carbocycles. The number of benzene rings is 1. The maximum atomic E-state index is 11.5. The van der Waals surface area contributed by atoms with E-state index < -0.39 is 0 Å². The predicted octanol–water partition coefficient (Wildman–Crippen LogP) is 1.16. The number of carbonyl (C=O) groups is 1. The number of rotatable bonds is 2. The highest BCUT2D eigenvalue weighted by Crippen LogP contribution is 2.13. The molecule has 0 unspecified atom stereocenters. The number of hydrogen-bond acceptors (Lipinski definition) is 4. The van der Waals surface area contributed by atoms with Gasteiger partial charge in [-0.25, -0.2) is 0 Å². The van der Waals surface area contributed by atoms with Crippen molar-refractivity contribution >= 4 is 11.6 Å². The van der Waals surface area contributed by atoms with E-state index in [0.717, 1.165) is 5.69 Å². The molecule has 2 N–H and O–H groups in total. The molecule has 2 rings (SSSR count). The molecule has 1 heterocycles. The lowest BCUT2D eigenvalue weighted by Crippen LogP contribution is -2.38. The van der Waals surface area contributed by atoms with E-state index in [-0.39, 0.29) is 12.3 Å². The third-order valence-electron chi connectivity index (χ3n) is 2.10. The van der Waals surface area contributed by atoms with Crippen molar-refractivity contribution in [2.24, 2.45) is 0 Å². The highest BCUT2D eigenvalue weighted by Gasteiger charge is 2.23. The van der Waals surface area contributed by atoms with Crippen LogP contribution in [-0.2, 0) is 4.79 Å². The smallest absolute Gasteiger partial charge is 0.266 e. The van der Waals surface area contributed by atoms with Crippen LogP contribution in [0.15, 0.2) is 42.1 Å². The van der Waals surface area contributed by atoms with Gasteiger partial charge in [-0.2, -0.15) is 10.4 Å². The average molecular weight is 214 g/mol. The largest absolute Gasteiger partial charge is 0.280 e. The number of hydrazine groups is 2. The van der Waals surface area contributed by atoms with Gasteiger partial charge in [0, 0.05) is 6.08 Å². The second-order valence-electron chi connectivity index (χ2n) is 3.29. The van der Waals surface area contributed by atoms with Crippen molar-refractivity contribution < 1.29 is 4.79 Å². The fourth-order valence-electron chi connectivity index (χ4n) is 1.38. The molecule has 1 aromatic carbocycles. The molecule has 16 heavy (non-hydrogen) atoms. The Bertz CT molecular complexity index is 461. The summed E-state index contributed by atoms with van der Waals surface area (Å²) in [6, 6.07) is 11.2. The van der Waals surface area contributed by atoms with Crippen molar-refractivity contribution in [3.63, 3.8) is 0 Å². The van der Waals surface area contributed by atoms with E-state index in [1.807, 2.05) is 36.4 Å². The summed E-state index contributed by atoms with van der Waals surface area (Å²) in [6.45, 7) is 0. The number of hydrogen-bond donors (Lipinski definition) is 2. The first-order chi connectivity index (χ1) is 7.79. The number of amides is 1. The predicted molar refractivity (Wildman–Crippen MR) is 58.4 cm³/mol. The van der Waals surface area contributed by atoms with Gasteiger partial charge in [0.15, 0.2) is 0 Å². The van der Waals surface area contributed by atoms with Gasteiger partial charge in [-0.1, -0.05) is 18.2 Å². The quantitative estimate of drug-likeness (QED) is 0.725. The molecule has 0 spiro atoms. The normalized spacial score (nSPS) is 17.1. The van der Waals surface area contributed by atoms with E-state index >= 15 is 0 Å². The first-order valence-corrected chi connectivity index (χ1v) is 4.79. The maximum Gasteiger partial charge on any atom is 0.266 e. The molecular weight excluding hydrogens is 204 g/mol. The Labute approximate surface area is 92.9 Å². The van der Waals surface area contributed by atoms with Crippen molar-refractivity contribution in [1.29, 1.82) is 5.26 Å². The van der Waals surface area contributed by atoms with Gasteiger partial charge in [0.2, 0.25) is 0 Å². The van der Waals surface area contributed by atoms with Crippen LogP contribution in [0.3, 0.4) is 0 Å². The summed E-state index contributed by atoms with van der Waals surface area (Å²) in [5, 5.41) is 9.75. The number of nitrogens with zero attached hydrogens (tertiary/aromatic N) is 2. The van der Waals surface area contributed by atoms with E-state index in [2.05, 4.69) is 10.9 Å². The third-order valence-corrected chi connectivity index (χ3v) is 2.10. The van der Waals surface area contributed by atoms with Crippen LogP contribution in [0.2, 0.25) is 0 Å². The second kappa shape index (κ2) is 4.36. The van der Waals surface area contributed by atoms with Crippen LogP contribution >= 0.6 is 0 Å². The van der Waals surface area contributed by atoms with E-state index in [0.29, 0.717) is 5.70 Å². The Morgan fingerprint density at radius 1 is 1.44 bits per heavy atom. The number of allylic oxidation sites excluding steroid dienone is 1. The molecule has 1 aliphatic rings. The first kappa shape index (κ1) is 10.1. The Balaban J connectivity index is 2.05. The Hall–Kier alpha value is -2.48. The van der Waals surface area contributed by atoms with Crippen LogP contribution in [0.25, 0.3) is 0 Å². The number of carbonyl (C=O) groups excluding carboxylic acids is 1. The highest BCUT2D eigenvalue weighted by atomic mass is 16.2. The molecule has 80 valence electrons. The summed E-state index contributed by atoms with van der Waals surface area (Å²) in [5.41, 5.74) is 7.10. The highest BCUT2D eigenvalue weighted by molar-refractivity contribution is 5.82. The van der Waals surface area contributed by atoms with Gasteiger partial charge in [-0.05, 0) is 12.1 Å². The number of para-hydroxylation sites is 1. The van der Waals surface area contributed by atoms with Crippen molar-refractivity contribution in [2.75, 3.05) is 5.43 Å². The molecule has 1 aliphatic heterocycles. The zero-order chi connectivity index (χ0) is 11.4. The van der Waals surface area contributed by atoms with E-state index in [9.17, 15) is 4.79 Å². The van der Waals surface area contributed by atoms with Gasteiger partial charge in [-0.15, -0.1) is 0 Å². The van der Waals surface area contributed by atoms with Crippen molar-refractivity contribution in [3.8, 4) is 6.07 Å². The van der Waals surface area contributed by atoms with Crippen LogP contribution in [0.5, 0.6) is 0 Å². The molecule has 1 aromatic rings. The monoisotopic (exact) mass is 214 g/mol. The molecule has 0 atom stereocenters. The zero-order valence-electron chi connectivity index (χ0n) is 8.47.